The van der Waals surface area contributed by atoms with Gasteiger partial charge in [-0.15, -0.1) is 11.3 Å². The highest BCUT2D eigenvalue weighted by Crippen LogP contribution is 2.19. The Morgan fingerprint density at radius 3 is 2.45 bits per heavy atom. The van der Waals surface area contributed by atoms with Crippen LogP contribution < -0.4 is 10.6 Å². The lowest BCUT2D eigenvalue weighted by molar-refractivity contribution is -0.123. The summed E-state index contributed by atoms with van der Waals surface area (Å²) in [7, 11) is 0. The summed E-state index contributed by atoms with van der Waals surface area (Å²) in [5.41, 5.74) is 1.42. The van der Waals surface area contributed by atoms with Crippen molar-refractivity contribution in [3.63, 3.8) is 0 Å². The van der Waals surface area contributed by atoms with Gasteiger partial charge in [-0.05, 0) is 19.9 Å². The summed E-state index contributed by atoms with van der Waals surface area (Å²) >= 11 is 1.07. The van der Waals surface area contributed by atoms with Crippen molar-refractivity contribution in [3.05, 3.63) is 28.5 Å². The number of hydrogen-bond donors (Lipinski definition) is 2. The normalized spacial score (nSPS) is 11.3. The summed E-state index contributed by atoms with van der Waals surface area (Å²) < 4.78 is 36.1. The molecule has 6 nitrogen and oxygen atoms in total. The number of alkyl halides is 3. The molecule has 0 aliphatic rings. The van der Waals surface area contributed by atoms with Crippen molar-refractivity contribution in [2.45, 2.75) is 20.0 Å². The largest absolute Gasteiger partial charge is 0.405 e. The number of hydrogen-bond acceptors (Lipinski definition) is 6. The van der Waals surface area contributed by atoms with Gasteiger partial charge in [-0.2, -0.15) is 13.2 Å². The van der Waals surface area contributed by atoms with Gasteiger partial charge in [0.25, 0.3) is 5.91 Å². The zero-order chi connectivity index (χ0) is 16.3. The van der Waals surface area contributed by atoms with Gasteiger partial charge in [-0.25, -0.2) is 15.0 Å². The second kappa shape index (κ2) is 6.26. The van der Waals surface area contributed by atoms with Crippen LogP contribution in [0.3, 0.4) is 0 Å². The minimum Gasteiger partial charge on any atom is -0.342 e. The smallest absolute Gasteiger partial charge is 0.342 e. The lowest BCUT2D eigenvalue weighted by Gasteiger charge is -2.06. The fourth-order valence-corrected chi connectivity index (χ4v) is 2.27. The van der Waals surface area contributed by atoms with E-state index in [0.29, 0.717) is 11.1 Å². The molecule has 2 heterocycles. The van der Waals surface area contributed by atoms with Gasteiger partial charge in [0.2, 0.25) is 5.95 Å². The molecule has 10 heteroatoms. The topological polar surface area (TPSA) is 79.8 Å². The van der Waals surface area contributed by atoms with E-state index in [2.05, 4.69) is 20.3 Å². The Kier molecular flexibility index (Phi) is 4.59. The van der Waals surface area contributed by atoms with Gasteiger partial charge in [-0.1, -0.05) is 0 Å². The number of aromatic nitrogens is 3. The first-order valence-electron chi connectivity index (χ1n) is 6.13. The number of amides is 1. The Labute approximate surface area is 127 Å². The molecule has 0 aromatic carbocycles. The average Bonchev–Trinajstić information content (AvgIpc) is 2.82. The highest BCUT2D eigenvalue weighted by molar-refractivity contribution is 7.14. The molecule has 118 valence electrons. The molecule has 0 saturated carbocycles. The Bertz CT molecular complexity index is 665. The number of carbonyl (C=O) groups is 1. The maximum atomic E-state index is 12.0. The van der Waals surface area contributed by atoms with Gasteiger partial charge < -0.3 is 10.6 Å². The van der Waals surface area contributed by atoms with Crippen LogP contribution in [-0.4, -0.2) is 33.6 Å². The van der Waals surface area contributed by atoms with E-state index in [1.165, 1.54) is 5.38 Å². The number of halogens is 3. The van der Waals surface area contributed by atoms with E-state index in [9.17, 15) is 18.0 Å². The SMILES string of the molecule is Cc1cc(C)nc(Nc2nc(C(=O)NCC(F)(F)F)cs2)n1. The fourth-order valence-electron chi connectivity index (χ4n) is 1.58. The Balaban J connectivity index is 2.03. The molecule has 1 amide bonds. The first-order chi connectivity index (χ1) is 10.2. The van der Waals surface area contributed by atoms with Crippen molar-refractivity contribution in [1.29, 1.82) is 0 Å². The second-order valence-electron chi connectivity index (χ2n) is 4.44. The first kappa shape index (κ1) is 16.1. The van der Waals surface area contributed by atoms with E-state index in [-0.39, 0.29) is 5.69 Å². The third-order valence-corrected chi connectivity index (χ3v) is 3.14. The van der Waals surface area contributed by atoms with Gasteiger partial charge in [0, 0.05) is 16.8 Å². The molecule has 2 aromatic heterocycles. The van der Waals surface area contributed by atoms with Crippen molar-refractivity contribution in [2.24, 2.45) is 0 Å². The zero-order valence-electron chi connectivity index (χ0n) is 11.7. The van der Waals surface area contributed by atoms with Gasteiger partial charge in [-0.3, -0.25) is 4.79 Å². The molecule has 0 fully saturated rings. The van der Waals surface area contributed by atoms with E-state index in [0.717, 1.165) is 22.7 Å². The number of anilines is 2. The van der Waals surface area contributed by atoms with Crippen LogP contribution in [0.4, 0.5) is 24.3 Å². The quantitative estimate of drug-likeness (QED) is 0.900. The molecule has 2 rings (SSSR count). The minimum absolute atomic E-state index is 0.0962. The monoisotopic (exact) mass is 331 g/mol. The van der Waals surface area contributed by atoms with Crippen LogP contribution in [0, 0.1) is 13.8 Å². The van der Waals surface area contributed by atoms with Crippen LogP contribution in [0.25, 0.3) is 0 Å². The Hall–Kier alpha value is -2.23. The lowest BCUT2D eigenvalue weighted by atomic mass is 10.4. The van der Waals surface area contributed by atoms with Gasteiger partial charge in [0.15, 0.2) is 5.13 Å². The van der Waals surface area contributed by atoms with Crippen LogP contribution in [0.1, 0.15) is 21.9 Å². The fraction of sp³-hybridized carbons (Fsp3) is 0.333. The summed E-state index contributed by atoms with van der Waals surface area (Å²) in [6.07, 6.45) is -4.46. The maximum absolute atomic E-state index is 12.0. The number of nitrogens with zero attached hydrogens (tertiary/aromatic N) is 3. The van der Waals surface area contributed by atoms with Crippen LogP contribution in [0.15, 0.2) is 11.4 Å². The van der Waals surface area contributed by atoms with Gasteiger partial charge in [0.1, 0.15) is 12.2 Å². The standard InChI is InChI=1S/C12H12F3N5OS/c1-6-3-7(2)18-10(17-6)20-11-19-8(4-22-11)9(21)16-5-12(13,14)15/h3-4H,5H2,1-2H3,(H,16,21)(H,17,18,19,20). The number of carbonyl (C=O) groups excluding carboxylic acids is 1. The molecule has 0 saturated heterocycles. The molecule has 0 unspecified atom stereocenters. The van der Waals surface area contributed by atoms with Crippen molar-refractivity contribution in [2.75, 3.05) is 11.9 Å². The molecule has 0 radical (unpaired) electrons. The number of rotatable bonds is 4. The minimum atomic E-state index is -4.46. The maximum Gasteiger partial charge on any atom is 0.405 e. The molecule has 2 N–H and O–H groups in total. The molecule has 0 bridgehead atoms. The second-order valence-corrected chi connectivity index (χ2v) is 5.29. The summed E-state index contributed by atoms with van der Waals surface area (Å²) in [5, 5.41) is 6.25. The number of thiazole rings is 1. The average molecular weight is 331 g/mol. The van der Waals surface area contributed by atoms with Crippen molar-refractivity contribution >= 4 is 28.3 Å². The summed E-state index contributed by atoms with van der Waals surface area (Å²) in [5.74, 6) is -0.572. The summed E-state index contributed by atoms with van der Waals surface area (Å²) in [4.78, 5) is 23.7. The van der Waals surface area contributed by atoms with E-state index in [1.807, 2.05) is 0 Å². The number of nitrogens with one attached hydrogen (secondary N) is 2. The van der Waals surface area contributed by atoms with Crippen LogP contribution in [0.2, 0.25) is 0 Å². The van der Waals surface area contributed by atoms with E-state index < -0.39 is 18.6 Å². The van der Waals surface area contributed by atoms with Gasteiger partial charge in [0.05, 0.1) is 0 Å². The first-order valence-corrected chi connectivity index (χ1v) is 7.01. The molecule has 0 spiro atoms. The van der Waals surface area contributed by atoms with Crippen LogP contribution >= 0.6 is 11.3 Å². The predicted molar refractivity (Wildman–Crippen MR) is 75.3 cm³/mol. The Morgan fingerprint density at radius 1 is 1.23 bits per heavy atom. The van der Waals surface area contributed by atoms with Crippen molar-refractivity contribution in [1.82, 2.24) is 20.3 Å². The van der Waals surface area contributed by atoms with Crippen molar-refractivity contribution < 1.29 is 18.0 Å². The molecular weight excluding hydrogens is 319 g/mol. The molecular formula is C12H12F3N5OS. The highest BCUT2D eigenvalue weighted by atomic mass is 32.1. The molecule has 22 heavy (non-hydrogen) atoms. The van der Waals surface area contributed by atoms with E-state index in [1.54, 1.807) is 25.2 Å². The lowest BCUT2D eigenvalue weighted by Crippen LogP contribution is -2.33. The molecule has 0 aliphatic heterocycles. The molecule has 2 aromatic rings. The number of aryl methyl sites for hydroxylation is 2. The summed E-state index contributed by atoms with van der Waals surface area (Å²) in [6.45, 7) is 2.21. The van der Waals surface area contributed by atoms with Crippen LogP contribution in [0.5, 0.6) is 0 Å². The third kappa shape index (κ3) is 4.65. The van der Waals surface area contributed by atoms with Crippen LogP contribution in [-0.2, 0) is 0 Å². The molecule has 0 atom stereocenters. The van der Waals surface area contributed by atoms with Crippen molar-refractivity contribution in [3.8, 4) is 0 Å². The zero-order valence-corrected chi connectivity index (χ0v) is 12.5. The highest BCUT2D eigenvalue weighted by Gasteiger charge is 2.28. The van der Waals surface area contributed by atoms with Gasteiger partial charge >= 0.3 is 6.18 Å². The van der Waals surface area contributed by atoms with E-state index >= 15 is 0 Å². The Morgan fingerprint density at radius 2 is 1.86 bits per heavy atom. The third-order valence-electron chi connectivity index (χ3n) is 2.39. The molecule has 0 aliphatic carbocycles. The van der Waals surface area contributed by atoms with E-state index in [4.69, 9.17) is 0 Å². The summed E-state index contributed by atoms with van der Waals surface area (Å²) in [6, 6.07) is 1.79. The predicted octanol–water partition coefficient (Wildman–Crippen LogP) is 2.59.